The summed E-state index contributed by atoms with van der Waals surface area (Å²) in [5, 5.41) is 0. The largest absolute Gasteiger partial charge is 0.748 e. The predicted molar refractivity (Wildman–Crippen MR) is 91.6 cm³/mol. The first-order valence-electron chi connectivity index (χ1n) is 8.41. The van der Waals surface area contributed by atoms with Crippen molar-refractivity contribution in [3.05, 3.63) is 29.3 Å². The number of hydrogen-bond acceptors (Lipinski definition) is 6. The summed E-state index contributed by atoms with van der Waals surface area (Å²) in [6.07, 6.45) is -2.29. The highest BCUT2D eigenvalue weighted by Gasteiger charge is 2.40. The molecule has 0 unspecified atom stereocenters. The molecule has 0 radical (unpaired) electrons. The molecule has 0 spiro atoms. The van der Waals surface area contributed by atoms with Crippen molar-refractivity contribution in [1.82, 2.24) is 0 Å². The van der Waals surface area contributed by atoms with Gasteiger partial charge in [-0.3, -0.25) is 0 Å². The molecule has 2 rings (SSSR count). The Kier molecular flexibility index (Phi) is 6.62. The van der Waals surface area contributed by atoms with Crippen LogP contribution in [0.1, 0.15) is 48.5 Å². The van der Waals surface area contributed by atoms with Crippen LogP contribution in [0.25, 0.3) is 0 Å². The van der Waals surface area contributed by atoms with Gasteiger partial charge in [-0.1, -0.05) is 5.92 Å². The molecule has 1 fully saturated rings. The quantitative estimate of drug-likeness (QED) is 0.400. The van der Waals surface area contributed by atoms with Gasteiger partial charge < -0.3 is 14.0 Å². The molecule has 0 aromatic heterocycles. The van der Waals surface area contributed by atoms with Gasteiger partial charge in [0.2, 0.25) is 0 Å². The van der Waals surface area contributed by atoms with Gasteiger partial charge in [-0.2, -0.15) is 13.2 Å². The van der Waals surface area contributed by atoms with E-state index in [1.165, 1.54) is 0 Å². The molecular weight excluding hydrogens is 401 g/mol. The number of alkyl halides is 3. The van der Waals surface area contributed by atoms with Gasteiger partial charge in [0.05, 0.1) is 27.0 Å². The zero-order chi connectivity index (χ0) is 21.0. The molecule has 0 aliphatic heterocycles. The molecule has 1 saturated carbocycles. The second-order valence-corrected chi connectivity index (χ2v) is 7.81. The van der Waals surface area contributed by atoms with Crippen molar-refractivity contribution in [2.24, 2.45) is 0 Å². The van der Waals surface area contributed by atoms with Gasteiger partial charge in [0.1, 0.15) is 12.4 Å². The van der Waals surface area contributed by atoms with E-state index >= 15 is 0 Å². The van der Waals surface area contributed by atoms with Crippen molar-refractivity contribution in [3.63, 3.8) is 0 Å². The average Bonchev–Trinajstić information content (AvgIpc) is 3.01. The van der Waals surface area contributed by atoms with Gasteiger partial charge in [-0.05, 0) is 50.8 Å². The Hall–Kier alpha value is -2.25. The minimum absolute atomic E-state index is 0.260. The maximum atomic E-state index is 13.4. The van der Waals surface area contributed by atoms with E-state index in [2.05, 4.69) is 16.6 Å². The predicted octanol–water partition coefficient (Wildman–Crippen LogP) is 3.12. The monoisotopic (exact) mass is 419 g/mol. The first-order chi connectivity index (χ1) is 13.0. The van der Waals surface area contributed by atoms with Crippen LogP contribution in [0, 0.1) is 11.8 Å². The van der Waals surface area contributed by atoms with Crippen molar-refractivity contribution in [2.45, 2.75) is 44.4 Å². The van der Waals surface area contributed by atoms with Gasteiger partial charge in [0.25, 0.3) is 0 Å². The number of hydrogen-bond donors (Lipinski definition) is 0. The van der Waals surface area contributed by atoms with E-state index < -0.39 is 51.5 Å². The molecule has 1 aliphatic carbocycles. The minimum atomic E-state index is -4.71. The standard InChI is InChI=1S/C18H19F3O6S/c1-2-7-17(8-3-4-9-17)27-15-12-13(5-6-14(15)18(19,20)21)16(22)26-10-11-28(23,24)25/h5-6,12H,3-4,8-11H2,1H3,(H,23,24,25)/p-1. The van der Waals surface area contributed by atoms with E-state index in [1.807, 2.05) is 0 Å². The van der Waals surface area contributed by atoms with Crippen LogP contribution in [0.4, 0.5) is 13.2 Å². The van der Waals surface area contributed by atoms with Crippen LogP contribution in [0.15, 0.2) is 18.2 Å². The zero-order valence-corrected chi connectivity index (χ0v) is 15.8. The van der Waals surface area contributed by atoms with Gasteiger partial charge >= 0.3 is 12.1 Å². The Bertz CT molecular complexity index is 890. The fourth-order valence-corrected chi connectivity index (χ4v) is 3.21. The summed E-state index contributed by atoms with van der Waals surface area (Å²) in [5.74, 6) is 2.95. The third-order valence-corrected chi connectivity index (χ3v) is 4.83. The molecule has 1 aromatic carbocycles. The zero-order valence-electron chi connectivity index (χ0n) is 15.0. The van der Waals surface area contributed by atoms with Gasteiger partial charge in [0, 0.05) is 0 Å². The average molecular weight is 419 g/mol. The summed E-state index contributed by atoms with van der Waals surface area (Å²) in [7, 11) is -4.58. The van der Waals surface area contributed by atoms with Crippen molar-refractivity contribution < 1.29 is 40.4 Å². The first kappa shape index (κ1) is 22.0. The summed E-state index contributed by atoms with van der Waals surface area (Å²) < 4.78 is 82.0. The Morgan fingerprint density at radius 2 is 1.93 bits per heavy atom. The minimum Gasteiger partial charge on any atom is -0.748 e. The summed E-state index contributed by atoms with van der Waals surface area (Å²) in [6.45, 7) is 0.860. The molecular formula is C18H18F3O6S-. The molecule has 0 heterocycles. The van der Waals surface area contributed by atoms with Crippen LogP contribution >= 0.6 is 0 Å². The summed E-state index contributed by atoms with van der Waals surface area (Å²) >= 11 is 0. The SMILES string of the molecule is CC#CC1(Oc2cc(C(=O)OCCS(=O)(=O)[O-])ccc2C(F)(F)F)CCCC1. The van der Waals surface area contributed by atoms with Gasteiger partial charge in [-0.15, -0.1) is 5.92 Å². The van der Waals surface area contributed by atoms with Crippen LogP contribution in [-0.4, -0.2) is 36.9 Å². The summed E-state index contributed by atoms with van der Waals surface area (Å²) in [4.78, 5) is 12.0. The fourth-order valence-electron chi connectivity index (χ4n) is 2.92. The molecule has 28 heavy (non-hydrogen) atoms. The lowest BCUT2D eigenvalue weighted by atomic mass is 10.0. The topological polar surface area (TPSA) is 92.7 Å². The maximum Gasteiger partial charge on any atom is 0.419 e. The highest BCUT2D eigenvalue weighted by atomic mass is 32.2. The van der Waals surface area contributed by atoms with E-state index in [9.17, 15) is 30.9 Å². The first-order valence-corrected chi connectivity index (χ1v) is 9.98. The van der Waals surface area contributed by atoms with Crippen LogP contribution in [0.5, 0.6) is 5.75 Å². The number of benzene rings is 1. The lowest BCUT2D eigenvalue weighted by molar-refractivity contribution is -0.139. The Morgan fingerprint density at radius 3 is 2.46 bits per heavy atom. The second-order valence-electron chi connectivity index (χ2n) is 6.28. The van der Waals surface area contributed by atoms with Gasteiger partial charge in [0.15, 0.2) is 5.60 Å². The molecule has 6 nitrogen and oxygen atoms in total. The number of halogens is 3. The molecule has 0 bridgehead atoms. The number of rotatable bonds is 6. The Morgan fingerprint density at radius 1 is 1.29 bits per heavy atom. The Labute approximate surface area is 160 Å². The summed E-state index contributed by atoms with van der Waals surface area (Å²) in [6, 6.07) is 2.49. The van der Waals surface area contributed by atoms with Crippen molar-refractivity contribution in [3.8, 4) is 17.6 Å². The van der Waals surface area contributed by atoms with Crippen molar-refractivity contribution >= 4 is 16.1 Å². The number of esters is 1. The molecule has 154 valence electrons. The summed E-state index contributed by atoms with van der Waals surface area (Å²) in [5.41, 5.74) is -2.38. The van der Waals surface area contributed by atoms with Crippen LogP contribution in [-0.2, 0) is 21.0 Å². The van der Waals surface area contributed by atoms with Crippen molar-refractivity contribution in [2.75, 3.05) is 12.4 Å². The number of carbonyl (C=O) groups excluding carboxylic acids is 1. The van der Waals surface area contributed by atoms with E-state index in [-0.39, 0.29) is 5.56 Å². The fraction of sp³-hybridized carbons (Fsp3) is 0.500. The van der Waals surface area contributed by atoms with E-state index in [4.69, 9.17) is 4.74 Å². The number of ether oxygens (including phenoxy) is 2. The molecule has 1 aromatic rings. The van der Waals surface area contributed by atoms with Gasteiger partial charge in [-0.25, -0.2) is 13.2 Å². The van der Waals surface area contributed by atoms with E-state index in [1.54, 1.807) is 6.92 Å². The third kappa shape index (κ3) is 5.87. The molecule has 0 atom stereocenters. The van der Waals surface area contributed by atoms with E-state index in [0.717, 1.165) is 25.0 Å². The van der Waals surface area contributed by atoms with Crippen LogP contribution in [0.3, 0.4) is 0 Å². The highest BCUT2D eigenvalue weighted by Crippen LogP contribution is 2.41. The highest BCUT2D eigenvalue weighted by molar-refractivity contribution is 7.85. The molecule has 10 heteroatoms. The number of carbonyl (C=O) groups is 1. The lowest BCUT2D eigenvalue weighted by Gasteiger charge is -2.27. The molecule has 0 saturated heterocycles. The van der Waals surface area contributed by atoms with Crippen LogP contribution < -0.4 is 4.74 Å². The lowest BCUT2D eigenvalue weighted by Crippen LogP contribution is -2.31. The van der Waals surface area contributed by atoms with Crippen LogP contribution in [0.2, 0.25) is 0 Å². The smallest absolute Gasteiger partial charge is 0.419 e. The molecule has 0 N–H and O–H groups in total. The van der Waals surface area contributed by atoms with E-state index in [0.29, 0.717) is 18.9 Å². The maximum absolute atomic E-state index is 13.4. The normalized spacial score (nSPS) is 16.2. The second kappa shape index (κ2) is 8.41. The molecule has 0 amide bonds. The Balaban J connectivity index is 2.32. The van der Waals surface area contributed by atoms with Crippen molar-refractivity contribution in [1.29, 1.82) is 0 Å². The molecule has 1 aliphatic rings. The third-order valence-electron chi connectivity index (χ3n) is 4.16.